The molecule has 0 amide bonds. The molecule has 1 heterocycles. The van der Waals surface area contributed by atoms with E-state index in [0.717, 1.165) is 6.07 Å². The van der Waals surface area contributed by atoms with E-state index in [0.29, 0.717) is 22.8 Å². The zero-order chi connectivity index (χ0) is 13.3. The zero-order valence-electron chi connectivity index (χ0n) is 9.64. The fourth-order valence-electron chi connectivity index (χ4n) is 1.70. The fourth-order valence-corrected chi connectivity index (χ4v) is 1.85. The van der Waals surface area contributed by atoms with Gasteiger partial charge in [-0.25, -0.2) is 4.39 Å². The van der Waals surface area contributed by atoms with Crippen LogP contribution in [0.3, 0.4) is 0 Å². The third-order valence-corrected chi connectivity index (χ3v) is 2.98. The van der Waals surface area contributed by atoms with Gasteiger partial charge in [0.25, 0.3) is 0 Å². The minimum Gasteiger partial charge on any atom is -0.423 e. The van der Waals surface area contributed by atoms with Gasteiger partial charge in [0.15, 0.2) is 0 Å². The molecule has 0 aliphatic rings. The Hall–Kier alpha value is -1.37. The topological polar surface area (TPSA) is 58.3 Å². The van der Waals surface area contributed by atoms with Gasteiger partial charge in [0.05, 0.1) is 17.3 Å². The zero-order valence-corrected chi connectivity index (χ0v) is 10.4. The van der Waals surface area contributed by atoms with E-state index in [2.05, 4.69) is 5.10 Å². The smallest absolute Gasteiger partial charge is 0.423 e. The number of halogens is 2. The largest absolute Gasteiger partial charge is 0.488 e. The lowest BCUT2D eigenvalue weighted by atomic mass is 9.77. The Balaban J connectivity index is 2.33. The second-order valence-electron chi connectivity index (χ2n) is 3.98. The lowest BCUT2D eigenvalue weighted by molar-refractivity contribution is 0.424. The minimum atomic E-state index is -1.72. The molecule has 4 nitrogen and oxygen atoms in total. The van der Waals surface area contributed by atoms with Gasteiger partial charge in [-0.1, -0.05) is 17.7 Å². The Bertz CT molecular complexity index is 555. The molecule has 2 rings (SSSR count). The highest BCUT2D eigenvalue weighted by Gasteiger charge is 2.17. The van der Waals surface area contributed by atoms with Gasteiger partial charge in [0.2, 0.25) is 0 Å². The van der Waals surface area contributed by atoms with E-state index < -0.39 is 12.9 Å². The maximum Gasteiger partial charge on any atom is 0.488 e. The van der Waals surface area contributed by atoms with Gasteiger partial charge in [-0.15, -0.1) is 0 Å². The Morgan fingerprint density at radius 3 is 2.72 bits per heavy atom. The van der Waals surface area contributed by atoms with Crippen molar-refractivity contribution in [3.8, 4) is 0 Å². The summed E-state index contributed by atoms with van der Waals surface area (Å²) >= 11 is 5.88. The van der Waals surface area contributed by atoms with Gasteiger partial charge < -0.3 is 10.0 Å². The summed E-state index contributed by atoms with van der Waals surface area (Å²) in [6.45, 7) is 2.06. The highest BCUT2D eigenvalue weighted by molar-refractivity contribution is 6.59. The maximum absolute atomic E-state index is 13.0. The van der Waals surface area contributed by atoms with Crippen LogP contribution in [0.2, 0.25) is 5.02 Å². The summed E-state index contributed by atoms with van der Waals surface area (Å²) in [5.41, 5.74) is 1.38. The van der Waals surface area contributed by atoms with Crippen molar-refractivity contribution in [1.82, 2.24) is 9.78 Å². The van der Waals surface area contributed by atoms with Crippen LogP contribution >= 0.6 is 11.6 Å². The molecule has 0 bridgehead atoms. The van der Waals surface area contributed by atoms with E-state index in [9.17, 15) is 14.4 Å². The molecule has 0 aliphatic heterocycles. The maximum atomic E-state index is 13.0. The summed E-state index contributed by atoms with van der Waals surface area (Å²) in [6, 6.07) is 3.85. The van der Waals surface area contributed by atoms with Crippen molar-refractivity contribution in [2.75, 3.05) is 0 Å². The van der Waals surface area contributed by atoms with Crippen molar-refractivity contribution in [3.05, 3.63) is 46.5 Å². The molecule has 7 heteroatoms. The van der Waals surface area contributed by atoms with E-state index in [1.54, 1.807) is 17.8 Å². The molecule has 18 heavy (non-hydrogen) atoms. The first-order valence-corrected chi connectivity index (χ1v) is 5.69. The third kappa shape index (κ3) is 2.72. The molecule has 2 aromatic rings. The van der Waals surface area contributed by atoms with Gasteiger partial charge >= 0.3 is 7.12 Å². The average Bonchev–Trinajstić information content (AvgIpc) is 2.60. The number of aromatic nitrogens is 2. The Labute approximate surface area is 109 Å². The van der Waals surface area contributed by atoms with Crippen LogP contribution < -0.4 is 5.46 Å². The van der Waals surface area contributed by atoms with Crippen LogP contribution in [0.4, 0.5) is 4.39 Å². The Morgan fingerprint density at radius 2 is 2.17 bits per heavy atom. The van der Waals surface area contributed by atoms with Crippen molar-refractivity contribution in [2.45, 2.75) is 13.5 Å². The van der Waals surface area contributed by atoms with E-state index in [1.165, 1.54) is 12.1 Å². The van der Waals surface area contributed by atoms with Gasteiger partial charge in [-0.05, 0) is 30.1 Å². The van der Waals surface area contributed by atoms with E-state index in [-0.39, 0.29) is 5.46 Å². The number of rotatable bonds is 3. The third-order valence-electron chi connectivity index (χ3n) is 2.60. The highest BCUT2D eigenvalue weighted by Crippen LogP contribution is 2.13. The standard InChI is InChI=1S/C11H11BClFN2O2/c1-7-11(13)6-16(15-7)5-8-2-3-9(14)4-10(8)12(17)18/h2-4,6,17-18H,5H2,1H3. The summed E-state index contributed by atoms with van der Waals surface area (Å²) in [4.78, 5) is 0. The molecule has 0 aliphatic carbocycles. The van der Waals surface area contributed by atoms with Gasteiger partial charge in [0, 0.05) is 6.20 Å². The number of hydrogen-bond acceptors (Lipinski definition) is 3. The normalized spacial score (nSPS) is 10.7. The predicted molar refractivity (Wildman–Crippen MR) is 67.3 cm³/mol. The molecule has 0 fully saturated rings. The van der Waals surface area contributed by atoms with Crippen LogP contribution in [0.5, 0.6) is 0 Å². The second-order valence-corrected chi connectivity index (χ2v) is 4.38. The summed E-state index contributed by atoms with van der Waals surface area (Å²) in [7, 11) is -1.72. The monoisotopic (exact) mass is 268 g/mol. The van der Waals surface area contributed by atoms with Crippen molar-refractivity contribution < 1.29 is 14.4 Å². The quantitative estimate of drug-likeness (QED) is 0.806. The molecule has 2 N–H and O–H groups in total. The molecule has 0 saturated heterocycles. The van der Waals surface area contributed by atoms with Crippen molar-refractivity contribution in [3.63, 3.8) is 0 Å². The number of nitrogens with zero attached hydrogens (tertiary/aromatic N) is 2. The van der Waals surface area contributed by atoms with Gasteiger partial charge in [-0.2, -0.15) is 5.10 Å². The Morgan fingerprint density at radius 1 is 1.44 bits per heavy atom. The molecular weight excluding hydrogens is 257 g/mol. The lowest BCUT2D eigenvalue weighted by Gasteiger charge is -2.09. The number of hydrogen-bond donors (Lipinski definition) is 2. The minimum absolute atomic E-state index is 0.124. The average molecular weight is 268 g/mol. The summed E-state index contributed by atoms with van der Waals surface area (Å²) in [6.07, 6.45) is 1.63. The Kier molecular flexibility index (Phi) is 3.70. The van der Waals surface area contributed by atoms with Crippen LogP contribution in [0.15, 0.2) is 24.4 Å². The highest BCUT2D eigenvalue weighted by atomic mass is 35.5. The first kappa shape index (κ1) is 13.1. The van der Waals surface area contributed by atoms with Gasteiger partial charge in [-0.3, -0.25) is 4.68 Å². The summed E-state index contributed by atoms with van der Waals surface area (Å²) < 4.78 is 14.6. The van der Waals surface area contributed by atoms with Crippen LogP contribution in [0.1, 0.15) is 11.3 Å². The first-order valence-electron chi connectivity index (χ1n) is 5.31. The first-order chi connectivity index (χ1) is 8.47. The van der Waals surface area contributed by atoms with Crippen molar-refractivity contribution >= 4 is 24.2 Å². The fraction of sp³-hybridized carbons (Fsp3) is 0.182. The molecule has 0 spiro atoms. The van der Waals surface area contributed by atoms with E-state index >= 15 is 0 Å². The van der Waals surface area contributed by atoms with Crippen LogP contribution in [0, 0.1) is 12.7 Å². The molecule has 0 atom stereocenters. The van der Waals surface area contributed by atoms with E-state index in [4.69, 9.17) is 11.6 Å². The van der Waals surface area contributed by atoms with Gasteiger partial charge in [0.1, 0.15) is 5.82 Å². The summed E-state index contributed by atoms with van der Waals surface area (Å²) in [5.74, 6) is -0.517. The predicted octanol–water partition coefficient (Wildman–Crippen LogP) is 0.712. The molecule has 0 unspecified atom stereocenters. The molecule has 1 aromatic carbocycles. The second kappa shape index (κ2) is 5.10. The van der Waals surface area contributed by atoms with Crippen LogP contribution in [-0.2, 0) is 6.54 Å². The van der Waals surface area contributed by atoms with E-state index in [1.807, 2.05) is 0 Å². The molecule has 1 aromatic heterocycles. The molecule has 0 saturated carbocycles. The van der Waals surface area contributed by atoms with Crippen LogP contribution in [-0.4, -0.2) is 26.9 Å². The SMILES string of the molecule is Cc1nn(Cc2ccc(F)cc2B(O)O)cc1Cl. The van der Waals surface area contributed by atoms with Crippen LogP contribution in [0.25, 0.3) is 0 Å². The molecular formula is C11H11BClFN2O2. The number of aryl methyl sites for hydroxylation is 1. The summed E-state index contributed by atoms with van der Waals surface area (Å²) in [5, 5.41) is 23.1. The van der Waals surface area contributed by atoms with Crippen molar-refractivity contribution in [2.24, 2.45) is 0 Å². The molecule has 94 valence electrons. The lowest BCUT2D eigenvalue weighted by Crippen LogP contribution is -2.34. The number of benzene rings is 1. The van der Waals surface area contributed by atoms with Crippen molar-refractivity contribution in [1.29, 1.82) is 0 Å². The molecule has 0 radical (unpaired) electrons.